The van der Waals surface area contributed by atoms with Gasteiger partial charge in [-0.3, -0.25) is 4.79 Å². The van der Waals surface area contributed by atoms with Crippen molar-refractivity contribution < 1.29 is 13.9 Å². The lowest BCUT2D eigenvalue weighted by Gasteiger charge is -2.09. The monoisotopic (exact) mass is 318 g/mol. The van der Waals surface area contributed by atoms with Crippen molar-refractivity contribution in [3.05, 3.63) is 53.2 Å². The fourth-order valence-electron chi connectivity index (χ4n) is 1.96. The number of benzene rings is 1. The molecule has 1 aromatic heterocycles. The number of rotatable bonds is 7. The van der Waals surface area contributed by atoms with Gasteiger partial charge in [-0.25, -0.2) is 14.4 Å². The van der Waals surface area contributed by atoms with E-state index in [1.165, 1.54) is 12.1 Å². The van der Waals surface area contributed by atoms with Gasteiger partial charge in [-0.1, -0.05) is 18.2 Å². The van der Waals surface area contributed by atoms with Gasteiger partial charge in [0.05, 0.1) is 6.61 Å². The van der Waals surface area contributed by atoms with Gasteiger partial charge >= 0.3 is 0 Å². The lowest BCUT2D eigenvalue weighted by molar-refractivity contribution is 0.0931. The van der Waals surface area contributed by atoms with Gasteiger partial charge in [0.15, 0.2) is 0 Å². The molecule has 0 saturated carbocycles. The van der Waals surface area contributed by atoms with Crippen LogP contribution in [0.1, 0.15) is 21.9 Å². The lowest BCUT2D eigenvalue weighted by Crippen LogP contribution is -2.28. The third kappa shape index (κ3) is 5.00. The number of nitrogens with zero attached hydrogens (tertiary/aromatic N) is 2. The summed E-state index contributed by atoms with van der Waals surface area (Å²) in [6.45, 7) is 2.79. The minimum atomic E-state index is -0.304. The number of aryl methyl sites for hydroxylation is 1. The molecule has 0 fully saturated rings. The SMILES string of the molecule is COCCNC(=O)c1cc(NCc2ccccc2F)nc(C)n1. The Morgan fingerprint density at radius 3 is 2.83 bits per heavy atom. The lowest BCUT2D eigenvalue weighted by atomic mass is 10.2. The van der Waals surface area contributed by atoms with Gasteiger partial charge in [0.25, 0.3) is 5.91 Å². The van der Waals surface area contributed by atoms with Crippen LogP contribution in [0.15, 0.2) is 30.3 Å². The van der Waals surface area contributed by atoms with Crippen molar-refractivity contribution in [3.63, 3.8) is 0 Å². The third-order valence-electron chi connectivity index (χ3n) is 3.08. The molecule has 0 radical (unpaired) electrons. The Balaban J connectivity index is 2.05. The second-order valence-electron chi connectivity index (χ2n) is 4.88. The van der Waals surface area contributed by atoms with Crippen LogP contribution in [0.5, 0.6) is 0 Å². The highest BCUT2D eigenvalue weighted by Crippen LogP contribution is 2.11. The highest BCUT2D eigenvalue weighted by molar-refractivity contribution is 5.92. The number of anilines is 1. The summed E-state index contributed by atoms with van der Waals surface area (Å²) in [5.74, 6) is 0.336. The van der Waals surface area contributed by atoms with E-state index in [2.05, 4.69) is 20.6 Å². The van der Waals surface area contributed by atoms with Crippen LogP contribution >= 0.6 is 0 Å². The van der Waals surface area contributed by atoms with Crippen LogP contribution in [0.4, 0.5) is 10.2 Å². The van der Waals surface area contributed by atoms with E-state index >= 15 is 0 Å². The number of ether oxygens (including phenoxy) is 1. The zero-order valence-electron chi connectivity index (χ0n) is 13.1. The van der Waals surface area contributed by atoms with Crippen LogP contribution in [0.3, 0.4) is 0 Å². The Morgan fingerprint density at radius 1 is 1.30 bits per heavy atom. The van der Waals surface area contributed by atoms with Gasteiger partial charge in [-0.2, -0.15) is 0 Å². The standard InChI is InChI=1S/C16H19FN4O2/c1-11-20-14(16(22)18-7-8-23-2)9-15(21-11)19-10-12-5-3-4-6-13(12)17/h3-6,9H,7-8,10H2,1-2H3,(H,18,22)(H,19,20,21). The predicted molar refractivity (Wildman–Crippen MR) is 84.7 cm³/mol. The molecule has 0 aliphatic rings. The molecule has 0 unspecified atom stereocenters. The number of amides is 1. The largest absolute Gasteiger partial charge is 0.383 e. The van der Waals surface area contributed by atoms with Crippen molar-refractivity contribution in [2.75, 3.05) is 25.6 Å². The second-order valence-corrected chi connectivity index (χ2v) is 4.88. The fraction of sp³-hybridized carbons (Fsp3) is 0.312. The van der Waals surface area contributed by atoms with Crippen molar-refractivity contribution in [1.82, 2.24) is 15.3 Å². The summed E-state index contributed by atoms with van der Waals surface area (Å²) in [6, 6.07) is 8.03. The number of carbonyl (C=O) groups is 1. The first kappa shape index (κ1) is 16.8. The van der Waals surface area contributed by atoms with Crippen molar-refractivity contribution in [2.24, 2.45) is 0 Å². The van der Waals surface area contributed by atoms with E-state index in [0.717, 1.165) is 0 Å². The van der Waals surface area contributed by atoms with Crippen molar-refractivity contribution in [2.45, 2.75) is 13.5 Å². The van der Waals surface area contributed by atoms with Gasteiger partial charge in [-0.15, -0.1) is 0 Å². The first-order chi connectivity index (χ1) is 11.1. The molecular formula is C16H19FN4O2. The van der Waals surface area contributed by atoms with E-state index in [4.69, 9.17) is 4.74 Å². The van der Waals surface area contributed by atoms with Crippen LogP contribution in [-0.2, 0) is 11.3 Å². The Morgan fingerprint density at radius 2 is 2.09 bits per heavy atom. The molecule has 0 aliphatic heterocycles. The van der Waals surface area contributed by atoms with E-state index in [9.17, 15) is 9.18 Å². The minimum Gasteiger partial charge on any atom is -0.383 e. The Kier molecular flexibility index (Phi) is 5.99. The van der Waals surface area contributed by atoms with E-state index in [-0.39, 0.29) is 24.0 Å². The molecule has 1 amide bonds. The molecule has 6 nitrogen and oxygen atoms in total. The predicted octanol–water partition coefficient (Wildman–Crippen LogP) is 1.91. The number of nitrogens with one attached hydrogen (secondary N) is 2. The molecule has 1 aromatic carbocycles. The first-order valence-electron chi connectivity index (χ1n) is 7.20. The van der Waals surface area contributed by atoms with Crippen LogP contribution < -0.4 is 10.6 Å². The highest BCUT2D eigenvalue weighted by Gasteiger charge is 2.10. The summed E-state index contributed by atoms with van der Waals surface area (Å²) in [4.78, 5) is 20.3. The molecule has 0 aliphatic carbocycles. The summed E-state index contributed by atoms with van der Waals surface area (Å²) in [6.07, 6.45) is 0. The van der Waals surface area contributed by atoms with E-state index < -0.39 is 0 Å². The Bertz CT molecular complexity index is 679. The molecule has 23 heavy (non-hydrogen) atoms. The topological polar surface area (TPSA) is 76.1 Å². The summed E-state index contributed by atoms with van der Waals surface area (Å²) in [5, 5.41) is 5.70. The maximum Gasteiger partial charge on any atom is 0.270 e. The first-order valence-corrected chi connectivity index (χ1v) is 7.20. The van der Waals surface area contributed by atoms with Crippen LogP contribution in [0, 0.1) is 12.7 Å². The number of methoxy groups -OCH3 is 1. The molecule has 0 saturated heterocycles. The van der Waals surface area contributed by atoms with E-state index in [0.29, 0.717) is 30.4 Å². The van der Waals surface area contributed by atoms with Gasteiger partial charge < -0.3 is 15.4 Å². The molecule has 2 aromatic rings. The van der Waals surface area contributed by atoms with Crippen LogP contribution in [0.2, 0.25) is 0 Å². The highest BCUT2D eigenvalue weighted by atomic mass is 19.1. The maximum absolute atomic E-state index is 13.6. The zero-order chi connectivity index (χ0) is 16.7. The average Bonchev–Trinajstić information content (AvgIpc) is 2.54. The number of hydrogen-bond acceptors (Lipinski definition) is 5. The summed E-state index contributed by atoms with van der Waals surface area (Å²) in [7, 11) is 1.56. The summed E-state index contributed by atoms with van der Waals surface area (Å²) >= 11 is 0. The van der Waals surface area contributed by atoms with E-state index in [1.54, 1.807) is 32.2 Å². The summed E-state index contributed by atoms with van der Waals surface area (Å²) < 4.78 is 18.5. The van der Waals surface area contributed by atoms with Crippen molar-refractivity contribution in [1.29, 1.82) is 0 Å². The molecule has 2 N–H and O–H groups in total. The second kappa shape index (κ2) is 8.19. The Labute approximate surface area is 134 Å². The molecule has 0 spiro atoms. The number of aromatic nitrogens is 2. The molecule has 0 atom stereocenters. The van der Waals surface area contributed by atoms with Gasteiger partial charge in [0, 0.05) is 31.8 Å². The van der Waals surface area contributed by atoms with Crippen molar-refractivity contribution >= 4 is 11.7 Å². The van der Waals surface area contributed by atoms with Gasteiger partial charge in [-0.05, 0) is 13.0 Å². The van der Waals surface area contributed by atoms with Crippen LogP contribution in [0.25, 0.3) is 0 Å². The number of hydrogen-bond donors (Lipinski definition) is 2. The quantitative estimate of drug-likeness (QED) is 0.763. The molecule has 0 bridgehead atoms. The molecule has 1 heterocycles. The van der Waals surface area contributed by atoms with Gasteiger partial charge in [0.2, 0.25) is 0 Å². The average molecular weight is 318 g/mol. The fourth-order valence-corrected chi connectivity index (χ4v) is 1.96. The maximum atomic E-state index is 13.6. The third-order valence-corrected chi connectivity index (χ3v) is 3.08. The Hall–Kier alpha value is -2.54. The van der Waals surface area contributed by atoms with Gasteiger partial charge in [0.1, 0.15) is 23.2 Å². The normalized spacial score (nSPS) is 10.4. The van der Waals surface area contributed by atoms with E-state index in [1.807, 2.05) is 0 Å². The van der Waals surface area contributed by atoms with Crippen molar-refractivity contribution in [3.8, 4) is 0 Å². The minimum absolute atomic E-state index is 0.254. The molecule has 7 heteroatoms. The number of halogens is 1. The molecule has 122 valence electrons. The zero-order valence-corrected chi connectivity index (χ0v) is 13.1. The molecular weight excluding hydrogens is 299 g/mol. The van der Waals surface area contributed by atoms with Crippen LogP contribution in [-0.4, -0.2) is 36.1 Å². The molecule has 2 rings (SSSR count). The smallest absolute Gasteiger partial charge is 0.270 e. The number of carbonyl (C=O) groups excluding carboxylic acids is 1. The summed E-state index contributed by atoms with van der Waals surface area (Å²) in [5.41, 5.74) is 0.777.